The van der Waals surface area contributed by atoms with Crippen molar-refractivity contribution in [1.29, 1.82) is 0 Å². The van der Waals surface area contributed by atoms with Gasteiger partial charge in [0, 0.05) is 10.9 Å². The lowest BCUT2D eigenvalue weighted by Gasteiger charge is -1.96. The van der Waals surface area contributed by atoms with Crippen LogP contribution in [-0.4, -0.2) is 19.6 Å². The van der Waals surface area contributed by atoms with Gasteiger partial charge in [0.1, 0.15) is 12.1 Å². The van der Waals surface area contributed by atoms with Crippen LogP contribution in [0.5, 0.6) is 0 Å². The SMILES string of the molecule is Fc1cccc(-c2nc3c4ccccc4ncn3n2)c1. The van der Waals surface area contributed by atoms with Crippen LogP contribution in [0.2, 0.25) is 0 Å². The highest BCUT2D eigenvalue weighted by molar-refractivity contribution is 5.91. The summed E-state index contributed by atoms with van der Waals surface area (Å²) in [4.78, 5) is 8.82. The summed E-state index contributed by atoms with van der Waals surface area (Å²) in [5.74, 6) is 0.187. The number of rotatable bonds is 1. The maximum absolute atomic E-state index is 13.3. The van der Waals surface area contributed by atoms with E-state index in [1.165, 1.54) is 12.1 Å². The van der Waals surface area contributed by atoms with Crippen LogP contribution >= 0.6 is 0 Å². The molecule has 0 aliphatic carbocycles. The third-order valence-electron chi connectivity index (χ3n) is 3.17. The van der Waals surface area contributed by atoms with Crippen LogP contribution in [0, 0.1) is 5.82 Å². The first-order valence-electron chi connectivity index (χ1n) is 6.17. The van der Waals surface area contributed by atoms with Crippen LogP contribution in [0.1, 0.15) is 0 Å². The van der Waals surface area contributed by atoms with E-state index >= 15 is 0 Å². The summed E-state index contributed by atoms with van der Waals surface area (Å²) in [5.41, 5.74) is 2.23. The molecule has 0 aliphatic rings. The molecule has 2 aromatic heterocycles. The quantitative estimate of drug-likeness (QED) is 0.530. The maximum Gasteiger partial charge on any atom is 0.182 e. The molecule has 0 saturated carbocycles. The molecule has 0 aliphatic heterocycles. The van der Waals surface area contributed by atoms with Crippen LogP contribution in [0.25, 0.3) is 27.9 Å². The highest BCUT2D eigenvalue weighted by Gasteiger charge is 2.10. The molecule has 96 valence electrons. The summed E-state index contributed by atoms with van der Waals surface area (Å²) in [7, 11) is 0. The first-order valence-corrected chi connectivity index (χ1v) is 6.17. The first kappa shape index (κ1) is 11.0. The second kappa shape index (κ2) is 4.09. The van der Waals surface area contributed by atoms with Gasteiger partial charge in [-0.1, -0.05) is 24.3 Å². The Balaban J connectivity index is 2.01. The van der Waals surface area contributed by atoms with Crippen LogP contribution < -0.4 is 0 Å². The van der Waals surface area contributed by atoms with Gasteiger partial charge in [0.2, 0.25) is 0 Å². The second-order valence-corrected chi connectivity index (χ2v) is 4.48. The summed E-state index contributed by atoms with van der Waals surface area (Å²) in [6, 6.07) is 14.0. The molecule has 2 heterocycles. The van der Waals surface area contributed by atoms with Gasteiger partial charge in [-0.3, -0.25) is 0 Å². The Labute approximate surface area is 113 Å². The fraction of sp³-hybridized carbons (Fsp3) is 0. The molecule has 0 N–H and O–H groups in total. The Morgan fingerprint density at radius 2 is 1.90 bits per heavy atom. The third kappa shape index (κ3) is 1.64. The molecule has 0 saturated heterocycles. The maximum atomic E-state index is 13.3. The molecule has 2 aromatic carbocycles. The predicted octanol–water partition coefficient (Wildman–Crippen LogP) is 3.08. The van der Waals surface area contributed by atoms with Crippen molar-refractivity contribution in [2.75, 3.05) is 0 Å². The molecule has 4 rings (SSSR count). The summed E-state index contributed by atoms with van der Waals surface area (Å²) in [6.07, 6.45) is 1.62. The number of halogens is 1. The van der Waals surface area contributed by atoms with Gasteiger partial charge in [0.15, 0.2) is 11.5 Å². The Bertz CT molecular complexity index is 929. The largest absolute Gasteiger partial charge is 0.236 e. The van der Waals surface area contributed by atoms with Crippen LogP contribution in [-0.2, 0) is 0 Å². The van der Waals surface area contributed by atoms with E-state index in [9.17, 15) is 4.39 Å². The molecule has 0 spiro atoms. The van der Waals surface area contributed by atoms with E-state index in [-0.39, 0.29) is 5.82 Å². The molecule has 20 heavy (non-hydrogen) atoms. The summed E-state index contributed by atoms with van der Waals surface area (Å²) in [6.45, 7) is 0. The van der Waals surface area contributed by atoms with Crippen molar-refractivity contribution in [2.24, 2.45) is 0 Å². The lowest BCUT2D eigenvalue weighted by atomic mass is 10.2. The van der Waals surface area contributed by atoms with Crippen molar-refractivity contribution < 1.29 is 4.39 Å². The topological polar surface area (TPSA) is 43.1 Å². The van der Waals surface area contributed by atoms with Gasteiger partial charge >= 0.3 is 0 Å². The van der Waals surface area contributed by atoms with Gasteiger partial charge in [-0.25, -0.2) is 18.9 Å². The normalized spacial score (nSPS) is 11.2. The smallest absolute Gasteiger partial charge is 0.182 e. The van der Waals surface area contributed by atoms with Crippen molar-refractivity contribution in [3.05, 3.63) is 60.7 Å². The molecule has 4 nitrogen and oxygen atoms in total. The van der Waals surface area contributed by atoms with Gasteiger partial charge in [-0.05, 0) is 24.3 Å². The highest BCUT2D eigenvalue weighted by atomic mass is 19.1. The zero-order valence-electron chi connectivity index (χ0n) is 10.4. The van der Waals surface area contributed by atoms with E-state index in [1.807, 2.05) is 24.3 Å². The highest BCUT2D eigenvalue weighted by Crippen LogP contribution is 2.21. The van der Waals surface area contributed by atoms with E-state index in [1.54, 1.807) is 23.0 Å². The second-order valence-electron chi connectivity index (χ2n) is 4.48. The summed E-state index contributed by atoms with van der Waals surface area (Å²) >= 11 is 0. The van der Waals surface area contributed by atoms with Crippen LogP contribution in [0.3, 0.4) is 0 Å². The Morgan fingerprint density at radius 3 is 2.80 bits per heavy atom. The standard InChI is InChI=1S/C15H9FN4/c16-11-5-3-4-10(8-11)14-18-15-12-6-1-2-7-13(12)17-9-20(15)19-14/h1-9H. The Morgan fingerprint density at radius 1 is 1.00 bits per heavy atom. The molecule has 0 bridgehead atoms. The minimum atomic E-state index is -0.302. The molecule has 0 atom stereocenters. The summed E-state index contributed by atoms with van der Waals surface area (Å²) in [5, 5.41) is 5.27. The monoisotopic (exact) mass is 264 g/mol. The minimum absolute atomic E-state index is 0.302. The van der Waals surface area contributed by atoms with Gasteiger partial charge < -0.3 is 0 Å². The molecular formula is C15H9FN4. The average Bonchev–Trinajstić information content (AvgIpc) is 2.92. The zero-order chi connectivity index (χ0) is 13.5. The fourth-order valence-electron chi connectivity index (χ4n) is 2.23. The number of hydrogen-bond acceptors (Lipinski definition) is 3. The van der Waals surface area contributed by atoms with E-state index in [4.69, 9.17) is 0 Å². The van der Waals surface area contributed by atoms with E-state index in [2.05, 4.69) is 15.1 Å². The fourth-order valence-corrected chi connectivity index (χ4v) is 2.23. The molecule has 0 unspecified atom stereocenters. The number of aromatic nitrogens is 4. The lowest BCUT2D eigenvalue weighted by molar-refractivity contribution is 0.628. The first-order chi connectivity index (χ1) is 9.81. The van der Waals surface area contributed by atoms with Crippen LogP contribution in [0.4, 0.5) is 4.39 Å². The molecular weight excluding hydrogens is 255 g/mol. The Kier molecular flexibility index (Phi) is 2.26. The number of fused-ring (bicyclic) bond motifs is 3. The van der Waals surface area contributed by atoms with Crippen molar-refractivity contribution in [1.82, 2.24) is 19.6 Å². The van der Waals surface area contributed by atoms with E-state index in [0.717, 1.165) is 16.6 Å². The molecule has 5 heteroatoms. The summed E-state index contributed by atoms with van der Waals surface area (Å²) < 4.78 is 14.9. The predicted molar refractivity (Wildman–Crippen MR) is 73.7 cm³/mol. The minimum Gasteiger partial charge on any atom is -0.236 e. The molecule has 4 aromatic rings. The van der Waals surface area contributed by atoms with Crippen LogP contribution in [0.15, 0.2) is 54.9 Å². The van der Waals surface area contributed by atoms with Gasteiger partial charge in [0.05, 0.1) is 5.52 Å². The van der Waals surface area contributed by atoms with Crippen molar-refractivity contribution in [3.63, 3.8) is 0 Å². The lowest BCUT2D eigenvalue weighted by Crippen LogP contribution is -1.90. The molecule has 0 amide bonds. The van der Waals surface area contributed by atoms with Crippen molar-refractivity contribution in [2.45, 2.75) is 0 Å². The zero-order valence-corrected chi connectivity index (χ0v) is 10.4. The van der Waals surface area contributed by atoms with Gasteiger partial charge in [-0.2, -0.15) is 0 Å². The third-order valence-corrected chi connectivity index (χ3v) is 3.17. The van der Waals surface area contributed by atoms with Gasteiger partial charge in [0.25, 0.3) is 0 Å². The van der Waals surface area contributed by atoms with Gasteiger partial charge in [-0.15, -0.1) is 5.10 Å². The Hall–Kier alpha value is -2.82. The van der Waals surface area contributed by atoms with E-state index in [0.29, 0.717) is 11.4 Å². The molecule has 0 fully saturated rings. The number of hydrogen-bond donors (Lipinski definition) is 0. The number of benzene rings is 2. The van der Waals surface area contributed by atoms with Crippen molar-refractivity contribution in [3.8, 4) is 11.4 Å². The van der Waals surface area contributed by atoms with E-state index < -0.39 is 0 Å². The van der Waals surface area contributed by atoms with Crippen molar-refractivity contribution >= 4 is 16.6 Å². The number of nitrogens with zero attached hydrogens (tertiary/aromatic N) is 4. The average molecular weight is 264 g/mol. The number of para-hydroxylation sites is 1. The molecule has 0 radical (unpaired) electrons.